The van der Waals surface area contributed by atoms with Crippen LogP contribution in [-0.2, 0) is 9.53 Å². The summed E-state index contributed by atoms with van der Waals surface area (Å²) in [6.45, 7) is 0.589. The maximum absolute atomic E-state index is 12.6. The van der Waals surface area contributed by atoms with Crippen molar-refractivity contribution >= 4 is 11.9 Å². The lowest BCUT2D eigenvalue weighted by Gasteiger charge is -2.32. The highest BCUT2D eigenvalue weighted by atomic mass is 16.5. The zero-order valence-corrected chi connectivity index (χ0v) is 11.6. The molecule has 22 heavy (non-hydrogen) atoms. The highest BCUT2D eigenvalue weighted by Crippen LogP contribution is 2.15. The van der Waals surface area contributed by atoms with Crippen LogP contribution < -0.4 is 0 Å². The first kappa shape index (κ1) is 14.2. The summed E-state index contributed by atoms with van der Waals surface area (Å²) in [6, 6.07) is 5.86. The van der Waals surface area contributed by atoms with E-state index < -0.39 is 12.0 Å². The number of hydrogen-bond acceptors (Lipinski definition) is 5. The Bertz CT molecular complexity index is 686. The molecule has 0 radical (unpaired) electrons. The smallest absolute Gasteiger partial charge is 0.328 e. The third-order valence-corrected chi connectivity index (χ3v) is 3.45. The molecule has 8 nitrogen and oxygen atoms in total. The van der Waals surface area contributed by atoms with Crippen LogP contribution in [0.25, 0.3) is 5.69 Å². The monoisotopic (exact) mass is 302 g/mol. The third-order valence-electron chi connectivity index (χ3n) is 3.45. The average molecular weight is 302 g/mol. The Hall–Kier alpha value is -2.74. The number of rotatable bonds is 3. The van der Waals surface area contributed by atoms with Gasteiger partial charge in [-0.3, -0.25) is 4.79 Å². The van der Waals surface area contributed by atoms with Gasteiger partial charge in [-0.1, -0.05) is 6.07 Å². The molecule has 0 aliphatic carbocycles. The van der Waals surface area contributed by atoms with E-state index in [9.17, 15) is 14.7 Å². The van der Waals surface area contributed by atoms with Gasteiger partial charge in [0, 0.05) is 12.1 Å². The van der Waals surface area contributed by atoms with Crippen LogP contribution in [-0.4, -0.2) is 62.4 Å². The largest absolute Gasteiger partial charge is 0.480 e. The number of aliphatic carboxylic acids is 1. The van der Waals surface area contributed by atoms with Crippen molar-refractivity contribution in [3.63, 3.8) is 0 Å². The minimum atomic E-state index is -1.07. The predicted molar refractivity (Wildman–Crippen MR) is 74.6 cm³/mol. The topological polar surface area (TPSA) is 97.6 Å². The van der Waals surface area contributed by atoms with Gasteiger partial charge >= 0.3 is 5.97 Å². The first-order valence-corrected chi connectivity index (χ1v) is 6.73. The average Bonchev–Trinajstić information content (AvgIpc) is 3.09. The molecule has 1 aromatic carbocycles. The Morgan fingerprint density at radius 3 is 2.95 bits per heavy atom. The maximum Gasteiger partial charge on any atom is 0.328 e. The number of morpholine rings is 1. The summed E-state index contributed by atoms with van der Waals surface area (Å²) in [7, 11) is 0. The van der Waals surface area contributed by atoms with Gasteiger partial charge in [-0.25, -0.2) is 14.5 Å². The summed E-state index contributed by atoms with van der Waals surface area (Å²) >= 11 is 0. The molecule has 1 unspecified atom stereocenters. The zero-order chi connectivity index (χ0) is 15.5. The van der Waals surface area contributed by atoms with Crippen molar-refractivity contribution in [2.24, 2.45) is 0 Å². The Morgan fingerprint density at radius 1 is 1.36 bits per heavy atom. The number of carboxylic acid groups (broad SMARTS) is 1. The highest BCUT2D eigenvalue weighted by Gasteiger charge is 2.33. The van der Waals surface area contributed by atoms with Crippen LogP contribution in [0.2, 0.25) is 0 Å². The molecular weight excluding hydrogens is 288 g/mol. The highest BCUT2D eigenvalue weighted by molar-refractivity contribution is 5.97. The van der Waals surface area contributed by atoms with E-state index in [1.807, 2.05) is 0 Å². The molecule has 1 N–H and O–H groups in total. The number of carbonyl (C=O) groups excluding carboxylic acids is 1. The lowest BCUT2D eigenvalue weighted by molar-refractivity contribution is -0.147. The Labute approximate surface area is 125 Å². The number of amides is 1. The second-order valence-electron chi connectivity index (χ2n) is 4.82. The Morgan fingerprint density at radius 2 is 2.23 bits per heavy atom. The molecule has 0 saturated carbocycles. The summed E-state index contributed by atoms with van der Waals surface area (Å²) in [5, 5.41) is 13.2. The molecule has 1 aliphatic heterocycles. The fourth-order valence-electron chi connectivity index (χ4n) is 2.34. The van der Waals surface area contributed by atoms with E-state index in [0.29, 0.717) is 17.9 Å². The van der Waals surface area contributed by atoms with Crippen LogP contribution in [0.15, 0.2) is 36.9 Å². The SMILES string of the molecule is O=C(O)C1COCCN1C(=O)c1cccc(-n2cncn2)c1. The van der Waals surface area contributed by atoms with Crippen molar-refractivity contribution in [2.75, 3.05) is 19.8 Å². The Kier molecular flexibility index (Phi) is 3.84. The van der Waals surface area contributed by atoms with Crippen LogP contribution >= 0.6 is 0 Å². The molecular formula is C14H14N4O4. The second-order valence-corrected chi connectivity index (χ2v) is 4.82. The summed E-state index contributed by atoms with van der Waals surface area (Å²) in [6.07, 6.45) is 2.93. The van der Waals surface area contributed by atoms with Crippen LogP contribution in [0.1, 0.15) is 10.4 Å². The molecule has 3 rings (SSSR count). The van der Waals surface area contributed by atoms with E-state index in [4.69, 9.17) is 4.74 Å². The van der Waals surface area contributed by atoms with Crippen LogP contribution in [0.3, 0.4) is 0 Å². The molecule has 114 valence electrons. The van der Waals surface area contributed by atoms with E-state index in [0.717, 1.165) is 0 Å². The number of carboxylic acids is 1. The molecule has 1 saturated heterocycles. The number of ether oxygens (including phenoxy) is 1. The van der Waals surface area contributed by atoms with Crippen molar-refractivity contribution in [2.45, 2.75) is 6.04 Å². The summed E-state index contributed by atoms with van der Waals surface area (Å²) in [5.41, 5.74) is 1.09. The van der Waals surface area contributed by atoms with E-state index in [1.54, 1.807) is 24.3 Å². The number of benzene rings is 1. The molecule has 1 aromatic heterocycles. The molecule has 0 spiro atoms. The lowest BCUT2D eigenvalue weighted by Crippen LogP contribution is -2.52. The number of hydrogen-bond donors (Lipinski definition) is 1. The van der Waals surface area contributed by atoms with Gasteiger partial charge in [-0.05, 0) is 18.2 Å². The predicted octanol–water partition coefficient (Wildman–Crippen LogP) is 0.193. The fourth-order valence-corrected chi connectivity index (χ4v) is 2.34. The lowest BCUT2D eigenvalue weighted by atomic mass is 10.1. The van der Waals surface area contributed by atoms with Gasteiger partial charge < -0.3 is 14.7 Å². The standard InChI is InChI=1S/C14H14N4O4/c19-13(17-4-5-22-7-12(17)14(20)21)10-2-1-3-11(6-10)18-9-15-8-16-18/h1-3,6,8-9,12H,4-5,7H2,(H,20,21). The molecule has 1 fully saturated rings. The van der Waals surface area contributed by atoms with Crippen molar-refractivity contribution in [1.82, 2.24) is 19.7 Å². The molecule has 1 amide bonds. The number of aromatic nitrogens is 3. The zero-order valence-electron chi connectivity index (χ0n) is 11.6. The fraction of sp³-hybridized carbons (Fsp3) is 0.286. The van der Waals surface area contributed by atoms with Gasteiger partial charge in [-0.15, -0.1) is 0 Å². The molecule has 0 bridgehead atoms. The first-order chi connectivity index (χ1) is 10.7. The Balaban J connectivity index is 1.88. The van der Waals surface area contributed by atoms with Crippen molar-refractivity contribution in [3.05, 3.63) is 42.5 Å². The summed E-state index contributed by atoms with van der Waals surface area (Å²) in [4.78, 5) is 29.0. The van der Waals surface area contributed by atoms with E-state index in [1.165, 1.54) is 22.2 Å². The van der Waals surface area contributed by atoms with Gasteiger partial charge in [-0.2, -0.15) is 5.10 Å². The van der Waals surface area contributed by atoms with E-state index >= 15 is 0 Å². The minimum Gasteiger partial charge on any atom is -0.480 e. The van der Waals surface area contributed by atoms with E-state index in [-0.39, 0.29) is 19.1 Å². The summed E-state index contributed by atoms with van der Waals surface area (Å²) in [5.74, 6) is -1.40. The van der Waals surface area contributed by atoms with Crippen molar-refractivity contribution < 1.29 is 19.4 Å². The van der Waals surface area contributed by atoms with Crippen LogP contribution in [0, 0.1) is 0 Å². The molecule has 1 aliphatic rings. The van der Waals surface area contributed by atoms with Crippen molar-refractivity contribution in [3.8, 4) is 5.69 Å². The van der Waals surface area contributed by atoms with Crippen LogP contribution in [0.5, 0.6) is 0 Å². The number of nitrogens with zero attached hydrogens (tertiary/aromatic N) is 4. The maximum atomic E-state index is 12.6. The van der Waals surface area contributed by atoms with Gasteiger partial charge in [0.05, 0.1) is 18.9 Å². The molecule has 8 heteroatoms. The van der Waals surface area contributed by atoms with Crippen LogP contribution in [0.4, 0.5) is 0 Å². The molecule has 2 aromatic rings. The minimum absolute atomic E-state index is 0.00381. The third kappa shape index (κ3) is 2.68. The number of carbonyl (C=O) groups is 2. The van der Waals surface area contributed by atoms with Crippen molar-refractivity contribution in [1.29, 1.82) is 0 Å². The quantitative estimate of drug-likeness (QED) is 0.869. The van der Waals surface area contributed by atoms with Gasteiger partial charge in [0.25, 0.3) is 5.91 Å². The van der Waals surface area contributed by atoms with Gasteiger partial charge in [0.2, 0.25) is 0 Å². The van der Waals surface area contributed by atoms with Gasteiger partial charge in [0.1, 0.15) is 12.7 Å². The second kappa shape index (κ2) is 5.94. The molecule has 2 heterocycles. The molecule has 1 atom stereocenters. The van der Waals surface area contributed by atoms with Gasteiger partial charge in [0.15, 0.2) is 6.04 Å². The summed E-state index contributed by atoms with van der Waals surface area (Å²) < 4.78 is 6.68. The normalized spacial score (nSPS) is 18.2. The van der Waals surface area contributed by atoms with E-state index in [2.05, 4.69) is 10.1 Å². The first-order valence-electron chi connectivity index (χ1n) is 6.73.